The molecule has 0 aromatic heterocycles. The third-order valence-corrected chi connectivity index (χ3v) is 3.17. The summed E-state index contributed by atoms with van der Waals surface area (Å²) in [4.78, 5) is 2.31. The predicted molar refractivity (Wildman–Crippen MR) is 75.9 cm³/mol. The third-order valence-electron chi connectivity index (χ3n) is 3.17. The van der Waals surface area contributed by atoms with E-state index in [9.17, 15) is 0 Å². The van der Waals surface area contributed by atoms with Crippen LogP contribution in [0.2, 0.25) is 0 Å². The lowest BCUT2D eigenvalue weighted by Gasteiger charge is -2.16. The van der Waals surface area contributed by atoms with Crippen molar-refractivity contribution in [1.82, 2.24) is 4.90 Å². The van der Waals surface area contributed by atoms with Crippen LogP contribution in [0.3, 0.4) is 0 Å². The molecule has 1 atom stereocenters. The molecule has 0 saturated carbocycles. The summed E-state index contributed by atoms with van der Waals surface area (Å²) in [5, 5.41) is 0. The number of hydrogen-bond acceptors (Lipinski definition) is 3. The standard InChI is InChI=1S/C15H27NO2/c1-14-7-4-8-15(17-3)9-5-10-16(2)11-6-12-18-13-14/h5,7,9,15H,4,6,8,10-13H2,1-3H3/b9-5+,14-7-. The first kappa shape index (κ1) is 15.4. The van der Waals surface area contributed by atoms with Gasteiger partial charge in [0.25, 0.3) is 0 Å². The van der Waals surface area contributed by atoms with Crippen molar-refractivity contribution >= 4 is 0 Å². The van der Waals surface area contributed by atoms with Crippen LogP contribution in [-0.2, 0) is 9.47 Å². The highest BCUT2D eigenvalue weighted by atomic mass is 16.5. The monoisotopic (exact) mass is 253 g/mol. The third kappa shape index (κ3) is 6.94. The molecule has 0 aromatic rings. The summed E-state index contributed by atoms with van der Waals surface area (Å²) in [6, 6.07) is 0. The van der Waals surface area contributed by atoms with E-state index >= 15 is 0 Å². The minimum atomic E-state index is 0.228. The fourth-order valence-electron chi connectivity index (χ4n) is 2.00. The van der Waals surface area contributed by atoms with E-state index in [1.54, 1.807) is 7.11 Å². The van der Waals surface area contributed by atoms with Gasteiger partial charge in [-0.25, -0.2) is 0 Å². The van der Waals surface area contributed by atoms with Gasteiger partial charge in [0, 0.05) is 26.8 Å². The summed E-state index contributed by atoms with van der Waals surface area (Å²) in [5.41, 5.74) is 1.32. The summed E-state index contributed by atoms with van der Waals surface area (Å²) in [6.45, 7) is 5.80. The predicted octanol–water partition coefficient (Wildman–Crippen LogP) is 2.64. The van der Waals surface area contributed by atoms with Gasteiger partial charge < -0.3 is 14.4 Å². The van der Waals surface area contributed by atoms with Gasteiger partial charge in [-0.1, -0.05) is 23.8 Å². The van der Waals surface area contributed by atoms with Crippen molar-refractivity contribution in [2.45, 2.75) is 32.3 Å². The van der Waals surface area contributed by atoms with E-state index in [1.807, 2.05) is 0 Å². The molecule has 3 nitrogen and oxygen atoms in total. The Balaban J connectivity index is 2.51. The Labute approximate surface area is 111 Å². The van der Waals surface area contributed by atoms with E-state index in [2.05, 4.69) is 37.1 Å². The number of rotatable bonds is 1. The van der Waals surface area contributed by atoms with E-state index in [4.69, 9.17) is 9.47 Å². The molecule has 1 aliphatic rings. The van der Waals surface area contributed by atoms with Gasteiger partial charge in [0.15, 0.2) is 0 Å². The zero-order chi connectivity index (χ0) is 13.2. The van der Waals surface area contributed by atoms with Gasteiger partial charge in [0.2, 0.25) is 0 Å². The average Bonchev–Trinajstić information content (AvgIpc) is 2.35. The molecule has 0 aromatic carbocycles. The van der Waals surface area contributed by atoms with E-state index in [0.29, 0.717) is 0 Å². The smallest absolute Gasteiger partial charge is 0.0755 e. The summed E-state index contributed by atoms with van der Waals surface area (Å²) in [7, 11) is 3.92. The highest BCUT2D eigenvalue weighted by molar-refractivity contribution is 5.00. The zero-order valence-corrected chi connectivity index (χ0v) is 12.0. The molecule has 104 valence electrons. The van der Waals surface area contributed by atoms with Crippen molar-refractivity contribution in [2.75, 3.05) is 40.5 Å². The molecule has 0 bridgehead atoms. The van der Waals surface area contributed by atoms with Crippen LogP contribution in [0, 0.1) is 0 Å². The fourth-order valence-corrected chi connectivity index (χ4v) is 2.00. The first-order valence-corrected chi connectivity index (χ1v) is 6.83. The van der Waals surface area contributed by atoms with E-state index < -0.39 is 0 Å². The number of methoxy groups -OCH3 is 1. The Hall–Kier alpha value is -0.640. The molecular weight excluding hydrogens is 226 g/mol. The van der Waals surface area contributed by atoms with Gasteiger partial charge in [-0.2, -0.15) is 0 Å². The van der Waals surface area contributed by atoms with Crippen LogP contribution in [0.15, 0.2) is 23.8 Å². The van der Waals surface area contributed by atoms with Crippen LogP contribution in [0.25, 0.3) is 0 Å². The highest BCUT2D eigenvalue weighted by Gasteiger charge is 2.03. The van der Waals surface area contributed by atoms with E-state index in [1.165, 1.54) is 5.57 Å². The lowest BCUT2D eigenvalue weighted by atomic mass is 10.1. The SMILES string of the molecule is COC1/C=C/CN(C)CCCOC/C(C)=C\CC1. The van der Waals surface area contributed by atoms with Crippen LogP contribution < -0.4 is 0 Å². The van der Waals surface area contributed by atoms with Gasteiger partial charge in [0.05, 0.1) is 12.7 Å². The van der Waals surface area contributed by atoms with Crippen molar-refractivity contribution in [3.05, 3.63) is 23.8 Å². The molecule has 1 aliphatic heterocycles. The molecule has 0 aliphatic carbocycles. The first-order chi connectivity index (χ1) is 8.72. The van der Waals surface area contributed by atoms with Gasteiger partial charge in [-0.15, -0.1) is 0 Å². The fraction of sp³-hybridized carbons (Fsp3) is 0.733. The molecule has 0 N–H and O–H groups in total. The molecule has 0 saturated heterocycles. The number of likely N-dealkylation sites (N-methyl/N-ethyl adjacent to an activating group) is 1. The van der Waals surface area contributed by atoms with Crippen molar-refractivity contribution in [2.24, 2.45) is 0 Å². The molecule has 1 unspecified atom stereocenters. The normalized spacial score (nSPS) is 30.2. The second-order valence-corrected chi connectivity index (χ2v) is 5.00. The van der Waals surface area contributed by atoms with Crippen molar-refractivity contribution in [3.8, 4) is 0 Å². The van der Waals surface area contributed by atoms with Crippen LogP contribution in [0.4, 0.5) is 0 Å². The number of ether oxygens (including phenoxy) is 2. The van der Waals surface area contributed by atoms with Crippen molar-refractivity contribution in [3.63, 3.8) is 0 Å². The lowest BCUT2D eigenvalue weighted by Crippen LogP contribution is -2.21. The largest absolute Gasteiger partial charge is 0.377 e. The molecule has 0 radical (unpaired) electrons. The van der Waals surface area contributed by atoms with Crippen molar-refractivity contribution in [1.29, 1.82) is 0 Å². The average molecular weight is 253 g/mol. The molecule has 0 spiro atoms. The maximum absolute atomic E-state index is 5.65. The molecule has 0 fully saturated rings. The molecule has 18 heavy (non-hydrogen) atoms. The van der Waals surface area contributed by atoms with Crippen molar-refractivity contribution < 1.29 is 9.47 Å². The Morgan fingerprint density at radius 1 is 1.44 bits per heavy atom. The van der Waals surface area contributed by atoms with Gasteiger partial charge in [0.1, 0.15) is 0 Å². The van der Waals surface area contributed by atoms with Gasteiger partial charge in [-0.05, 0) is 33.2 Å². The molecule has 3 heteroatoms. The zero-order valence-electron chi connectivity index (χ0n) is 12.0. The molecular formula is C15H27NO2. The summed E-state index contributed by atoms with van der Waals surface area (Å²) in [6.07, 6.45) is 10.1. The molecule has 1 heterocycles. The number of hydrogen-bond donors (Lipinski definition) is 0. The maximum atomic E-state index is 5.65. The second-order valence-electron chi connectivity index (χ2n) is 5.00. The first-order valence-electron chi connectivity index (χ1n) is 6.83. The van der Waals surface area contributed by atoms with Gasteiger partial charge in [-0.3, -0.25) is 0 Å². The highest BCUT2D eigenvalue weighted by Crippen LogP contribution is 2.07. The number of allylic oxidation sites excluding steroid dienone is 1. The number of nitrogens with zero attached hydrogens (tertiary/aromatic N) is 1. The van der Waals surface area contributed by atoms with E-state index in [0.717, 1.165) is 45.6 Å². The Morgan fingerprint density at radius 3 is 3.06 bits per heavy atom. The molecule has 1 rings (SSSR count). The van der Waals surface area contributed by atoms with E-state index in [-0.39, 0.29) is 6.10 Å². The molecule has 0 amide bonds. The van der Waals surface area contributed by atoms with Gasteiger partial charge >= 0.3 is 0 Å². The quantitative estimate of drug-likeness (QED) is 0.671. The van der Waals surface area contributed by atoms with Crippen LogP contribution in [-0.4, -0.2) is 51.5 Å². The minimum absolute atomic E-state index is 0.228. The maximum Gasteiger partial charge on any atom is 0.0755 e. The Kier molecular flexibility index (Phi) is 7.98. The van der Waals surface area contributed by atoms with Crippen LogP contribution in [0.1, 0.15) is 26.2 Å². The van der Waals surface area contributed by atoms with Crippen LogP contribution >= 0.6 is 0 Å². The summed E-state index contributed by atoms with van der Waals surface area (Å²) in [5.74, 6) is 0. The Bertz CT molecular complexity index is 274. The lowest BCUT2D eigenvalue weighted by molar-refractivity contribution is 0.132. The summed E-state index contributed by atoms with van der Waals surface area (Å²) >= 11 is 0. The topological polar surface area (TPSA) is 21.7 Å². The minimum Gasteiger partial charge on any atom is -0.377 e. The second kappa shape index (κ2) is 9.31. The Morgan fingerprint density at radius 2 is 2.28 bits per heavy atom. The van der Waals surface area contributed by atoms with Crippen LogP contribution in [0.5, 0.6) is 0 Å². The summed E-state index contributed by atoms with van der Waals surface area (Å²) < 4.78 is 11.1.